The number of amides is 1. The smallest absolute Gasteiger partial charge is 0.274 e. The van der Waals surface area contributed by atoms with Gasteiger partial charge in [0.15, 0.2) is 0 Å². The molecule has 2 rings (SSSR count). The molecule has 0 saturated carbocycles. The van der Waals surface area contributed by atoms with Crippen molar-refractivity contribution in [3.05, 3.63) is 58.8 Å². The van der Waals surface area contributed by atoms with Gasteiger partial charge in [-0.2, -0.15) is 0 Å². The molecule has 1 N–H and O–H groups in total. The third-order valence-corrected chi connectivity index (χ3v) is 2.48. The van der Waals surface area contributed by atoms with Gasteiger partial charge in [-0.25, -0.2) is 0 Å². The predicted octanol–water partition coefficient (Wildman–Crippen LogP) is 1.52. The van der Waals surface area contributed by atoms with Gasteiger partial charge in [-0.15, -0.1) is 0 Å². The summed E-state index contributed by atoms with van der Waals surface area (Å²) in [6.45, 7) is 2.43. The number of hydrogen-bond donors (Lipinski definition) is 1. The lowest BCUT2D eigenvalue weighted by atomic mass is 10.3. The summed E-state index contributed by atoms with van der Waals surface area (Å²) in [5, 5.41) is 2.70. The maximum Gasteiger partial charge on any atom is 0.274 e. The van der Waals surface area contributed by atoms with E-state index in [0.29, 0.717) is 17.9 Å². The number of carbonyl (C=O) groups is 1. The predicted molar refractivity (Wildman–Crippen MR) is 68.6 cm³/mol. The van der Waals surface area contributed by atoms with E-state index >= 15 is 0 Å². The summed E-state index contributed by atoms with van der Waals surface area (Å²) in [5.41, 5.74) is 0.826. The van der Waals surface area contributed by atoms with E-state index in [1.54, 1.807) is 36.7 Å². The fraction of sp³-hybridized carbons (Fsp3) is 0.154. The number of aromatic nitrogens is 2. The SMILES string of the molecule is CCn1cc(NC(=O)c2ccccn2)ccc1=O. The van der Waals surface area contributed by atoms with Crippen molar-refractivity contribution >= 4 is 11.6 Å². The Balaban J connectivity index is 2.20. The van der Waals surface area contributed by atoms with Gasteiger partial charge in [-0.1, -0.05) is 6.07 Å². The Morgan fingerprint density at radius 1 is 1.33 bits per heavy atom. The summed E-state index contributed by atoms with van der Waals surface area (Å²) in [4.78, 5) is 27.2. The Labute approximate surface area is 104 Å². The van der Waals surface area contributed by atoms with Crippen LogP contribution in [0.25, 0.3) is 0 Å². The van der Waals surface area contributed by atoms with Crippen LogP contribution in [0.15, 0.2) is 47.5 Å². The second-order valence-corrected chi connectivity index (χ2v) is 3.71. The molecule has 0 radical (unpaired) electrons. The van der Waals surface area contributed by atoms with Crippen LogP contribution in [0.5, 0.6) is 0 Å². The molecule has 18 heavy (non-hydrogen) atoms. The molecule has 0 fully saturated rings. The van der Waals surface area contributed by atoms with Gasteiger partial charge in [-0.3, -0.25) is 14.6 Å². The molecule has 0 aliphatic heterocycles. The zero-order valence-electron chi connectivity index (χ0n) is 9.96. The summed E-state index contributed by atoms with van der Waals surface area (Å²) in [6.07, 6.45) is 3.17. The zero-order valence-corrected chi connectivity index (χ0v) is 9.96. The molecule has 0 aliphatic rings. The van der Waals surface area contributed by atoms with Crippen molar-refractivity contribution in [3.8, 4) is 0 Å². The summed E-state index contributed by atoms with van der Waals surface area (Å²) < 4.78 is 1.52. The number of pyridine rings is 2. The number of anilines is 1. The largest absolute Gasteiger partial charge is 0.319 e. The van der Waals surface area contributed by atoms with Gasteiger partial charge in [-0.05, 0) is 25.1 Å². The Hall–Kier alpha value is -2.43. The fourth-order valence-electron chi connectivity index (χ4n) is 1.54. The molecule has 2 heterocycles. The molecular weight excluding hydrogens is 230 g/mol. The standard InChI is InChI=1S/C13H13N3O2/c1-2-16-9-10(6-7-12(16)17)15-13(18)11-5-3-4-8-14-11/h3-9H,2H2,1H3,(H,15,18). The van der Waals surface area contributed by atoms with Crippen LogP contribution in [0.1, 0.15) is 17.4 Å². The van der Waals surface area contributed by atoms with Crippen molar-refractivity contribution in [2.45, 2.75) is 13.5 Å². The van der Waals surface area contributed by atoms with E-state index in [1.165, 1.54) is 10.6 Å². The summed E-state index contributed by atoms with van der Waals surface area (Å²) in [6, 6.07) is 8.13. The second-order valence-electron chi connectivity index (χ2n) is 3.71. The van der Waals surface area contributed by atoms with Gasteiger partial charge in [0.1, 0.15) is 5.69 Å². The Morgan fingerprint density at radius 2 is 2.17 bits per heavy atom. The number of rotatable bonds is 3. The van der Waals surface area contributed by atoms with E-state index in [2.05, 4.69) is 10.3 Å². The normalized spacial score (nSPS) is 10.1. The first kappa shape index (κ1) is 12.0. The van der Waals surface area contributed by atoms with E-state index in [0.717, 1.165) is 0 Å². The van der Waals surface area contributed by atoms with Crippen molar-refractivity contribution in [1.82, 2.24) is 9.55 Å². The zero-order chi connectivity index (χ0) is 13.0. The van der Waals surface area contributed by atoms with Gasteiger partial charge < -0.3 is 9.88 Å². The third kappa shape index (κ3) is 2.63. The summed E-state index contributed by atoms with van der Waals surface area (Å²) in [5.74, 6) is -0.295. The highest BCUT2D eigenvalue weighted by molar-refractivity contribution is 6.02. The van der Waals surface area contributed by atoms with Gasteiger partial charge in [0.2, 0.25) is 0 Å². The highest BCUT2D eigenvalue weighted by Crippen LogP contribution is 2.05. The van der Waals surface area contributed by atoms with Gasteiger partial charge >= 0.3 is 0 Å². The average Bonchev–Trinajstić information content (AvgIpc) is 2.42. The molecule has 0 aliphatic carbocycles. The number of hydrogen-bond acceptors (Lipinski definition) is 3. The first-order valence-corrected chi connectivity index (χ1v) is 5.63. The van der Waals surface area contributed by atoms with Crippen molar-refractivity contribution in [2.24, 2.45) is 0 Å². The minimum Gasteiger partial charge on any atom is -0.319 e. The second kappa shape index (κ2) is 5.27. The Kier molecular flexibility index (Phi) is 3.52. The minimum absolute atomic E-state index is 0.0895. The monoisotopic (exact) mass is 243 g/mol. The topological polar surface area (TPSA) is 64.0 Å². The van der Waals surface area contributed by atoms with Crippen LogP contribution in [0.4, 0.5) is 5.69 Å². The fourth-order valence-corrected chi connectivity index (χ4v) is 1.54. The Bertz CT molecular complexity index is 605. The molecule has 1 amide bonds. The van der Waals surface area contributed by atoms with Gasteiger partial charge in [0.25, 0.3) is 11.5 Å². The molecule has 5 nitrogen and oxygen atoms in total. The molecule has 5 heteroatoms. The number of carbonyl (C=O) groups excluding carboxylic acids is 1. The molecule has 0 unspecified atom stereocenters. The van der Waals surface area contributed by atoms with Crippen molar-refractivity contribution in [1.29, 1.82) is 0 Å². The maximum absolute atomic E-state index is 11.8. The highest BCUT2D eigenvalue weighted by Gasteiger charge is 2.07. The summed E-state index contributed by atoms with van der Waals surface area (Å²) in [7, 11) is 0. The molecule has 0 aromatic carbocycles. The minimum atomic E-state index is -0.295. The Morgan fingerprint density at radius 3 is 2.83 bits per heavy atom. The van der Waals surface area contributed by atoms with Crippen molar-refractivity contribution in [3.63, 3.8) is 0 Å². The summed E-state index contributed by atoms with van der Waals surface area (Å²) >= 11 is 0. The van der Waals surface area contributed by atoms with Crippen LogP contribution in [0.2, 0.25) is 0 Å². The quantitative estimate of drug-likeness (QED) is 0.888. The number of aryl methyl sites for hydroxylation is 1. The van der Waals surface area contributed by atoms with Crippen LogP contribution < -0.4 is 10.9 Å². The maximum atomic E-state index is 11.8. The van der Waals surface area contributed by atoms with Crippen molar-refractivity contribution < 1.29 is 4.79 Å². The molecular formula is C13H13N3O2. The van der Waals surface area contributed by atoms with Crippen LogP contribution in [-0.4, -0.2) is 15.5 Å². The first-order chi connectivity index (χ1) is 8.70. The molecule has 92 valence electrons. The molecule has 0 bridgehead atoms. The van der Waals surface area contributed by atoms with E-state index in [9.17, 15) is 9.59 Å². The van der Waals surface area contributed by atoms with Crippen LogP contribution in [0, 0.1) is 0 Å². The number of nitrogens with one attached hydrogen (secondary N) is 1. The number of nitrogens with zero attached hydrogens (tertiary/aromatic N) is 2. The van der Waals surface area contributed by atoms with Crippen LogP contribution in [0.3, 0.4) is 0 Å². The van der Waals surface area contributed by atoms with E-state index in [4.69, 9.17) is 0 Å². The lowest BCUT2D eigenvalue weighted by Crippen LogP contribution is -2.20. The lowest BCUT2D eigenvalue weighted by molar-refractivity contribution is 0.102. The van der Waals surface area contributed by atoms with Crippen molar-refractivity contribution in [2.75, 3.05) is 5.32 Å². The van der Waals surface area contributed by atoms with Crippen LogP contribution >= 0.6 is 0 Å². The molecule has 2 aromatic heterocycles. The van der Waals surface area contributed by atoms with E-state index < -0.39 is 0 Å². The molecule has 0 saturated heterocycles. The highest BCUT2D eigenvalue weighted by atomic mass is 16.2. The lowest BCUT2D eigenvalue weighted by Gasteiger charge is -2.07. The van der Waals surface area contributed by atoms with Gasteiger partial charge in [0.05, 0.1) is 5.69 Å². The molecule has 0 spiro atoms. The first-order valence-electron chi connectivity index (χ1n) is 5.63. The average molecular weight is 243 g/mol. The van der Waals surface area contributed by atoms with Gasteiger partial charge in [0, 0.05) is 25.0 Å². The molecule has 2 aromatic rings. The van der Waals surface area contributed by atoms with E-state index in [-0.39, 0.29) is 11.5 Å². The third-order valence-electron chi connectivity index (χ3n) is 2.48. The van der Waals surface area contributed by atoms with Crippen LogP contribution in [-0.2, 0) is 6.54 Å². The van der Waals surface area contributed by atoms with E-state index in [1.807, 2.05) is 6.92 Å². The molecule has 0 atom stereocenters.